The number of hydrogen-bond donors (Lipinski definition) is 1. The molecular weight excluding hydrogens is 308 g/mol. The second kappa shape index (κ2) is 7.26. The van der Waals surface area contributed by atoms with Gasteiger partial charge >= 0.3 is 5.97 Å². The van der Waals surface area contributed by atoms with Crippen LogP contribution in [-0.4, -0.2) is 25.4 Å². The third-order valence-corrected chi connectivity index (χ3v) is 2.89. The summed E-state index contributed by atoms with van der Waals surface area (Å²) in [6.45, 7) is 1.71. The lowest BCUT2D eigenvalue weighted by atomic mass is 10.0. The predicted molar refractivity (Wildman–Crippen MR) is 74.5 cm³/mol. The van der Waals surface area contributed by atoms with Crippen LogP contribution in [0.4, 0.5) is 4.39 Å². The SMILES string of the molecule is CCOC(=O)C(=CNC)C(=O)c1cc(F)c(Cl)cc1Cl. The third-order valence-electron chi connectivity index (χ3n) is 2.28. The van der Waals surface area contributed by atoms with Gasteiger partial charge in [-0.15, -0.1) is 0 Å². The summed E-state index contributed by atoms with van der Waals surface area (Å²) in [5.74, 6) is -2.37. The Hall–Kier alpha value is -1.59. The molecule has 0 aliphatic heterocycles. The summed E-state index contributed by atoms with van der Waals surface area (Å²) >= 11 is 11.4. The molecule has 0 saturated carbocycles. The second-order valence-electron chi connectivity index (χ2n) is 3.64. The van der Waals surface area contributed by atoms with Crippen LogP contribution in [0.3, 0.4) is 0 Å². The summed E-state index contributed by atoms with van der Waals surface area (Å²) in [7, 11) is 1.51. The van der Waals surface area contributed by atoms with Crippen molar-refractivity contribution in [3.05, 3.63) is 45.3 Å². The smallest absolute Gasteiger partial charge is 0.343 e. The number of Topliss-reactive ketones (excluding diaryl/α,β-unsaturated/α-hetero) is 1. The van der Waals surface area contributed by atoms with Crippen LogP contribution in [0.15, 0.2) is 23.9 Å². The van der Waals surface area contributed by atoms with Crippen molar-refractivity contribution < 1.29 is 18.7 Å². The van der Waals surface area contributed by atoms with Gasteiger partial charge in [-0.25, -0.2) is 9.18 Å². The molecule has 0 aliphatic rings. The number of ketones is 1. The maximum absolute atomic E-state index is 13.4. The van der Waals surface area contributed by atoms with E-state index in [1.807, 2.05) is 0 Å². The maximum atomic E-state index is 13.4. The van der Waals surface area contributed by atoms with E-state index in [-0.39, 0.29) is 27.8 Å². The minimum Gasteiger partial charge on any atom is -0.462 e. The average molecular weight is 320 g/mol. The summed E-state index contributed by atoms with van der Waals surface area (Å²) in [4.78, 5) is 23.9. The molecule has 7 heteroatoms. The van der Waals surface area contributed by atoms with Gasteiger partial charge in [0.1, 0.15) is 11.4 Å². The molecule has 20 heavy (non-hydrogen) atoms. The molecule has 1 aromatic carbocycles. The first-order valence-corrected chi connectivity index (χ1v) is 6.41. The van der Waals surface area contributed by atoms with E-state index in [1.54, 1.807) is 6.92 Å². The molecule has 0 spiro atoms. The first kappa shape index (κ1) is 16.5. The minimum absolute atomic E-state index is 0.0484. The Morgan fingerprint density at radius 2 is 2.00 bits per heavy atom. The Morgan fingerprint density at radius 1 is 1.35 bits per heavy atom. The highest BCUT2D eigenvalue weighted by atomic mass is 35.5. The number of ether oxygens (including phenoxy) is 1. The van der Waals surface area contributed by atoms with Crippen molar-refractivity contribution in [2.45, 2.75) is 6.92 Å². The van der Waals surface area contributed by atoms with Crippen LogP contribution in [0.25, 0.3) is 0 Å². The molecule has 0 aliphatic carbocycles. The van der Waals surface area contributed by atoms with Crippen LogP contribution in [0, 0.1) is 5.82 Å². The summed E-state index contributed by atoms with van der Waals surface area (Å²) in [5.41, 5.74) is -0.443. The van der Waals surface area contributed by atoms with Crippen molar-refractivity contribution in [1.29, 1.82) is 0 Å². The zero-order valence-electron chi connectivity index (χ0n) is 10.8. The van der Waals surface area contributed by atoms with E-state index in [4.69, 9.17) is 27.9 Å². The van der Waals surface area contributed by atoms with Crippen molar-refractivity contribution in [3.63, 3.8) is 0 Å². The normalized spacial score (nSPS) is 11.2. The Morgan fingerprint density at radius 3 is 2.55 bits per heavy atom. The molecule has 1 aromatic rings. The Bertz CT molecular complexity index is 573. The lowest BCUT2D eigenvalue weighted by molar-refractivity contribution is -0.138. The van der Waals surface area contributed by atoms with Gasteiger partial charge in [0.2, 0.25) is 5.78 Å². The largest absolute Gasteiger partial charge is 0.462 e. The lowest BCUT2D eigenvalue weighted by Gasteiger charge is -2.08. The van der Waals surface area contributed by atoms with Crippen molar-refractivity contribution in [3.8, 4) is 0 Å². The number of rotatable bonds is 5. The molecule has 0 unspecified atom stereocenters. The second-order valence-corrected chi connectivity index (χ2v) is 4.46. The van der Waals surface area contributed by atoms with Gasteiger partial charge in [0.25, 0.3) is 0 Å². The van der Waals surface area contributed by atoms with Gasteiger partial charge in [0, 0.05) is 18.8 Å². The van der Waals surface area contributed by atoms with Gasteiger partial charge in [-0.05, 0) is 19.1 Å². The predicted octanol–water partition coefficient (Wildman–Crippen LogP) is 2.98. The monoisotopic (exact) mass is 319 g/mol. The number of carbonyl (C=O) groups excluding carboxylic acids is 2. The van der Waals surface area contributed by atoms with Crippen LogP contribution in [0.1, 0.15) is 17.3 Å². The molecule has 0 radical (unpaired) electrons. The van der Waals surface area contributed by atoms with Gasteiger partial charge in [0.05, 0.1) is 16.7 Å². The maximum Gasteiger partial charge on any atom is 0.343 e. The van der Waals surface area contributed by atoms with Gasteiger partial charge < -0.3 is 10.1 Å². The number of nitrogens with one attached hydrogen (secondary N) is 1. The lowest BCUT2D eigenvalue weighted by Crippen LogP contribution is -2.19. The first-order chi connectivity index (χ1) is 9.42. The minimum atomic E-state index is -0.821. The van der Waals surface area contributed by atoms with E-state index in [1.165, 1.54) is 13.2 Å². The van der Waals surface area contributed by atoms with Gasteiger partial charge in [-0.3, -0.25) is 4.79 Å². The average Bonchev–Trinajstić information content (AvgIpc) is 2.39. The van der Waals surface area contributed by atoms with Crippen LogP contribution in [-0.2, 0) is 9.53 Å². The molecule has 1 rings (SSSR count). The Balaban J connectivity index is 3.23. The van der Waals surface area contributed by atoms with E-state index in [0.29, 0.717) is 0 Å². The number of halogens is 3. The van der Waals surface area contributed by atoms with Crippen molar-refractivity contribution in [1.82, 2.24) is 5.32 Å². The quantitative estimate of drug-likeness (QED) is 0.226. The topological polar surface area (TPSA) is 55.4 Å². The number of benzene rings is 1. The fraction of sp³-hybridized carbons (Fsp3) is 0.231. The number of esters is 1. The molecule has 108 valence electrons. The molecule has 0 bridgehead atoms. The third kappa shape index (κ3) is 3.71. The zero-order chi connectivity index (χ0) is 15.3. The fourth-order valence-corrected chi connectivity index (χ4v) is 1.88. The van der Waals surface area contributed by atoms with Crippen molar-refractivity contribution in [2.24, 2.45) is 0 Å². The molecule has 0 fully saturated rings. The Labute approximate surface area is 125 Å². The standard InChI is InChI=1S/C13H12Cl2FNO3/c1-3-20-13(19)8(6-17-2)12(18)7-4-11(16)10(15)5-9(7)14/h4-6,17H,3H2,1-2H3. The van der Waals surface area contributed by atoms with Gasteiger partial charge in [-0.1, -0.05) is 23.2 Å². The zero-order valence-corrected chi connectivity index (χ0v) is 12.3. The van der Waals surface area contributed by atoms with Crippen LogP contribution >= 0.6 is 23.2 Å². The highest BCUT2D eigenvalue weighted by Crippen LogP contribution is 2.26. The summed E-state index contributed by atoms with van der Waals surface area (Å²) < 4.78 is 18.2. The van der Waals surface area contributed by atoms with E-state index >= 15 is 0 Å². The van der Waals surface area contributed by atoms with E-state index in [9.17, 15) is 14.0 Å². The van der Waals surface area contributed by atoms with E-state index in [0.717, 1.165) is 12.1 Å². The van der Waals surface area contributed by atoms with Crippen molar-refractivity contribution >= 4 is 35.0 Å². The fourth-order valence-electron chi connectivity index (χ4n) is 1.41. The highest BCUT2D eigenvalue weighted by molar-refractivity contribution is 6.39. The number of carbonyl (C=O) groups is 2. The van der Waals surface area contributed by atoms with E-state index < -0.39 is 17.6 Å². The van der Waals surface area contributed by atoms with Crippen LogP contribution in [0.2, 0.25) is 10.0 Å². The van der Waals surface area contributed by atoms with Crippen LogP contribution < -0.4 is 5.32 Å². The summed E-state index contributed by atoms with van der Waals surface area (Å²) in [6.07, 6.45) is 1.17. The molecule has 0 aromatic heterocycles. The Kier molecular flexibility index (Phi) is 5.98. The van der Waals surface area contributed by atoms with Crippen LogP contribution in [0.5, 0.6) is 0 Å². The molecule has 0 saturated heterocycles. The van der Waals surface area contributed by atoms with Gasteiger partial charge in [-0.2, -0.15) is 0 Å². The van der Waals surface area contributed by atoms with Crippen molar-refractivity contribution in [2.75, 3.05) is 13.7 Å². The molecular formula is C13H12Cl2FNO3. The molecule has 0 heterocycles. The molecule has 4 nitrogen and oxygen atoms in total. The molecule has 1 N–H and O–H groups in total. The number of hydrogen-bond acceptors (Lipinski definition) is 4. The summed E-state index contributed by atoms with van der Waals surface area (Å²) in [5, 5.41) is 2.30. The highest BCUT2D eigenvalue weighted by Gasteiger charge is 2.24. The van der Waals surface area contributed by atoms with Gasteiger partial charge in [0.15, 0.2) is 0 Å². The molecule has 0 amide bonds. The van der Waals surface area contributed by atoms with E-state index in [2.05, 4.69) is 5.32 Å². The molecule has 0 atom stereocenters. The summed E-state index contributed by atoms with van der Waals surface area (Å²) in [6, 6.07) is 1.99. The first-order valence-electron chi connectivity index (χ1n) is 5.66.